The normalized spacial score (nSPS) is 10.2. The second-order valence-corrected chi connectivity index (χ2v) is 5.10. The minimum atomic E-state index is -0.115. The van der Waals surface area contributed by atoms with Gasteiger partial charge in [0.15, 0.2) is 17.3 Å². The summed E-state index contributed by atoms with van der Waals surface area (Å²) in [5, 5.41) is 0.593. The molecule has 2 aromatic carbocycles. The second kappa shape index (κ2) is 9.21. The van der Waals surface area contributed by atoms with Crippen LogP contribution in [0.5, 0.6) is 17.2 Å². The van der Waals surface area contributed by atoms with Crippen molar-refractivity contribution < 1.29 is 19.0 Å². The molecule has 0 spiro atoms. The quantitative estimate of drug-likeness (QED) is 0.548. The molecule has 0 unspecified atom stereocenters. The van der Waals surface area contributed by atoms with Crippen molar-refractivity contribution in [3.05, 3.63) is 58.6 Å². The molecule has 4 nitrogen and oxygen atoms in total. The number of halogens is 2. The Bertz CT molecular complexity index is 699. The minimum absolute atomic E-state index is 0. The third-order valence-electron chi connectivity index (χ3n) is 3.24. The van der Waals surface area contributed by atoms with Crippen LogP contribution in [0.4, 0.5) is 0 Å². The molecule has 0 heterocycles. The van der Waals surface area contributed by atoms with Gasteiger partial charge in [0.05, 0.1) is 21.3 Å². The van der Waals surface area contributed by atoms with Crippen molar-refractivity contribution in [3.8, 4) is 17.2 Å². The topological polar surface area (TPSA) is 44.8 Å². The number of benzene rings is 2. The van der Waals surface area contributed by atoms with Gasteiger partial charge in [-0.2, -0.15) is 0 Å². The molecule has 0 aliphatic heterocycles. The lowest BCUT2D eigenvalue weighted by molar-refractivity contribution is 0.104. The zero-order valence-corrected chi connectivity index (χ0v) is 15.1. The number of carbonyl (C=O) groups is 1. The predicted octanol–water partition coefficient (Wildman–Crippen LogP) is 4.68. The lowest BCUT2D eigenvalue weighted by atomic mass is 10.1. The molecule has 128 valence electrons. The third kappa shape index (κ3) is 4.66. The zero-order valence-electron chi connectivity index (χ0n) is 13.5. The fourth-order valence-corrected chi connectivity index (χ4v) is 2.21. The number of hydrogen-bond donors (Lipinski definition) is 0. The lowest BCUT2D eigenvalue weighted by Gasteiger charge is -2.12. The van der Waals surface area contributed by atoms with Crippen molar-refractivity contribution in [3.63, 3.8) is 0 Å². The van der Waals surface area contributed by atoms with Crippen LogP contribution < -0.4 is 14.2 Å². The molecule has 0 bridgehead atoms. The maximum Gasteiger partial charge on any atom is 0.203 e. The summed E-state index contributed by atoms with van der Waals surface area (Å²) in [5.41, 5.74) is 1.33. The molecule has 0 fully saturated rings. The second-order valence-electron chi connectivity index (χ2n) is 4.66. The van der Waals surface area contributed by atoms with Crippen LogP contribution in [-0.2, 0) is 0 Å². The number of rotatable bonds is 6. The first-order valence-electron chi connectivity index (χ1n) is 6.87. The van der Waals surface area contributed by atoms with Gasteiger partial charge in [-0.05, 0) is 48.0 Å². The summed E-state index contributed by atoms with van der Waals surface area (Å²) in [6.45, 7) is 0. The smallest absolute Gasteiger partial charge is 0.203 e. The fraction of sp³-hybridized carbons (Fsp3) is 0.167. The van der Waals surface area contributed by atoms with Gasteiger partial charge in [-0.1, -0.05) is 17.7 Å². The van der Waals surface area contributed by atoms with Crippen molar-refractivity contribution in [1.82, 2.24) is 0 Å². The highest BCUT2D eigenvalue weighted by Gasteiger charge is 2.12. The molecule has 0 saturated carbocycles. The van der Waals surface area contributed by atoms with E-state index in [-0.39, 0.29) is 18.2 Å². The van der Waals surface area contributed by atoms with Crippen molar-refractivity contribution in [2.24, 2.45) is 0 Å². The highest BCUT2D eigenvalue weighted by atomic mass is 35.5. The van der Waals surface area contributed by atoms with E-state index in [0.29, 0.717) is 27.8 Å². The van der Waals surface area contributed by atoms with Crippen molar-refractivity contribution in [2.45, 2.75) is 0 Å². The molecule has 2 aromatic rings. The number of allylic oxidation sites excluding steroid dienone is 1. The van der Waals surface area contributed by atoms with Gasteiger partial charge >= 0.3 is 0 Å². The summed E-state index contributed by atoms with van der Waals surface area (Å²) in [4.78, 5) is 12.1. The maximum atomic E-state index is 12.1. The minimum Gasteiger partial charge on any atom is -0.493 e. The Labute approximate surface area is 152 Å². The lowest BCUT2D eigenvalue weighted by Crippen LogP contribution is -1.96. The Kier molecular flexibility index (Phi) is 7.62. The van der Waals surface area contributed by atoms with E-state index in [0.717, 1.165) is 5.56 Å². The predicted molar refractivity (Wildman–Crippen MR) is 98.2 cm³/mol. The molecule has 0 N–H and O–H groups in total. The summed E-state index contributed by atoms with van der Waals surface area (Å²) < 4.78 is 15.8. The number of hydrogen-bond acceptors (Lipinski definition) is 4. The first-order valence-corrected chi connectivity index (χ1v) is 7.24. The first-order chi connectivity index (χ1) is 11.1. The summed E-state index contributed by atoms with van der Waals surface area (Å²) in [6.07, 6.45) is 3.19. The van der Waals surface area contributed by atoms with Crippen LogP contribution in [0.2, 0.25) is 5.02 Å². The van der Waals surface area contributed by atoms with Crippen LogP contribution in [-0.4, -0.2) is 27.1 Å². The number of carbonyl (C=O) groups excluding carboxylic acids is 1. The number of ether oxygens (including phenoxy) is 3. The highest BCUT2D eigenvalue weighted by Crippen LogP contribution is 2.38. The van der Waals surface area contributed by atoms with Gasteiger partial charge in [-0.3, -0.25) is 4.79 Å². The van der Waals surface area contributed by atoms with E-state index in [9.17, 15) is 4.79 Å². The Balaban J connectivity index is 0.00000288. The van der Waals surface area contributed by atoms with Crippen LogP contribution in [0.1, 0.15) is 15.9 Å². The van der Waals surface area contributed by atoms with Gasteiger partial charge in [-0.15, -0.1) is 12.4 Å². The van der Waals surface area contributed by atoms with E-state index < -0.39 is 0 Å². The Morgan fingerprint density at radius 2 is 1.50 bits per heavy atom. The van der Waals surface area contributed by atoms with E-state index in [1.807, 2.05) is 0 Å². The number of methoxy groups -OCH3 is 3. The molecular formula is C18H18Cl2O4. The van der Waals surface area contributed by atoms with Gasteiger partial charge in [-0.25, -0.2) is 0 Å². The zero-order chi connectivity index (χ0) is 16.8. The van der Waals surface area contributed by atoms with Crippen LogP contribution in [0.15, 0.2) is 42.5 Å². The molecule has 0 aliphatic rings. The van der Waals surface area contributed by atoms with Crippen LogP contribution in [0, 0.1) is 0 Å². The van der Waals surface area contributed by atoms with Crippen molar-refractivity contribution >= 4 is 35.9 Å². The molecule has 2 rings (SSSR count). The van der Waals surface area contributed by atoms with Crippen LogP contribution in [0.3, 0.4) is 0 Å². The molecule has 24 heavy (non-hydrogen) atoms. The summed E-state index contributed by atoms with van der Waals surface area (Å²) >= 11 is 5.82. The Morgan fingerprint density at radius 3 is 1.96 bits per heavy atom. The molecular weight excluding hydrogens is 351 g/mol. The van der Waals surface area contributed by atoms with E-state index in [4.69, 9.17) is 25.8 Å². The summed E-state index contributed by atoms with van der Waals surface area (Å²) in [6, 6.07) is 10.3. The Hall–Kier alpha value is -2.17. The maximum absolute atomic E-state index is 12.1. The Morgan fingerprint density at radius 1 is 0.958 bits per heavy atom. The molecule has 0 aliphatic carbocycles. The van der Waals surface area contributed by atoms with Gasteiger partial charge < -0.3 is 14.2 Å². The molecule has 0 aromatic heterocycles. The summed E-state index contributed by atoms with van der Waals surface area (Å²) in [7, 11) is 4.63. The monoisotopic (exact) mass is 368 g/mol. The fourth-order valence-electron chi connectivity index (χ4n) is 2.08. The molecule has 0 saturated heterocycles. The molecule has 0 amide bonds. The van der Waals surface area contributed by atoms with E-state index in [2.05, 4.69) is 0 Å². The molecule has 0 atom stereocenters. The van der Waals surface area contributed by atoms with Gasteiger partial charge in [0.25, 0.3) is 0 Å². The highest BCUT2D eigenvalue weighted by molar-refractivity contribution is 6.30. The van der Waals surface area contributed by atoms with Gasteiger partial charge in [0.1, 0.15) is 0 Å². The first kappa shape index (κ1) is 19.9. The van der Waals surface area contributed by atoms with Crippen LogP contribution >= 0.6 is 24.0 Å². The number of ketones is 1. The van der Waals surface area contributed by atoms with Crippen molar-refractivity contribution in [2.75, 3.05) is 21.3 Å². The standard InChI is InChI=1S/C18H17ClO4.ClH/c1-21-16-10-12(11-17(22-2)18(16)23-3)4-9-15(20)13-5-7-14(19)8-6-13;/h4-11H,1-3H3;1H/b9-4+;. The SMILES string of the molecule is COc1cc(/C=C/C(=O)c2ccc(Cl)cc2)cc(OC)c1OC.Cl. The van der Waals surface area contributed by atoms with E-state index in [1.54, 1.807) is 63.8 Å². The third-order valence-corrected chi connectivity index (χ3v) is 3.49. The van der Waals surface area contributed by atoms with Gasteiger partial charge in [0.2, 0.25) is 5.75 Å². The van der Waals surface area contributed by atoms with Crippen LogP contribution in [0.25, 0.3) is 6.08 Å². The van der Waals surface area contributed by atoms with E-state index >= 15 is 0 Å². The van der Waals surface area contributed by atoms with E-state index in [1.165, 1.54) is 6.08 Å². The summed E-state index contributed by atoms with van der Waals surface area (Å²) in [5.74, 6) is 1.46. The van der Waals surface area contributed by atoms with Crippen molar-refractivity contribution in [1.29, 1.82) is 0 Å². The average Bonchev–Trinajstić information content (AvgIpc) is 2.59. The van der Waals surface area contributed by atoms with Gasteiger partial charge in [0, 0.05) is 10.6 Å². The molecule has 0 radical (unpaired) electrons. The average molecular weight is 369 g/mol. The largest absolute Gasteiger partial charge is 0.493 e. The molecule has 6 heteroatoms.